The summed E-state index contributed by atoms with van der Waals surface area (Å²) in [5.74, 6) is 0. The standard InChI is InChI=1S/C15H24N2O2S/c1-3-16(4-2)20(18,19)17-12-8-11-15(17)13-14-9-6-5-7-10-14/h5-7,9-10,15H,3-4,8,11-13H2,1-2H3. The van der Waals surface area contributed by atoms with E-state index in [4.69, 9.17) is 0 Å². The minimum absolute atomic E-state index is 0.1000. The topological polar surface area (TPSA) is 40.6 Å². The van der Waals surface area contributed by atoms with E-state index in [9.17, 15) is 8.42 Å². The van der Waals surface area contributed by atoms with Crippen molar-refractivity contribution in [1.82, 2.24) is 8.61 Å². The van der Waals surface area contributed by atoms with Gasteiger partial charge in [0.25, 0.3) is 10.2 Å². The van der Waals surface area contributed by atoms with E-state index < -0.39 is 10.2 Å². The number of benzene rings is 1. The molecule has 0 radical (unpaired) electrons. The second-order valence-corrected chi connectivity index (χ2v) is 7.07. The maximum absolute atomic E-state index is 12.6. The Morgan fingerprint density at radius 3 is 2.45 bits per heavy atom. The van der Waals surface area contributed by atoms with Gasteiger partial charge in [0.1, 0.15) is 0 Å². The summed E-state index contributed by atoms with van der Waals surface area (Å²) in [4.78, 5) is 0. The van der Waals surface area contributed by atoms with Crippen LogP contribution in [0.3, 0.4) is 0 Å². The van der Waals surface area contributed by atoms with Crippen LogP contribution in [0.2, 0.25) is 0 Å². The van der Waals surface area contributed by atoms with Crippen LogP contribution in [0.25, 0.3) is 0 Å². The normalized spacial score (nSPS) is 20.6. The molecule has 0 N–H and O–H groups in total. The lowest BCUT2D eigenvalue weighted by atomic mass is 10.1. The summed E-state index contributed by atoms with van der Waals surface area (Å²) in [7, 11) is -3.30. The van der Waals surface area contributed by atoms with Gasteiger partial charge in [0, 0.05) is 25.7 Å². The second-order valence-electron chi connectivity index (χ2n) is 5.19. The number of hydrogen-bond acceptors (Lipinski definition) is 2. The molecule has 4 nitrogen and oxygen atoms in total. The molecule has 1 saturated heterocycles. The highest BCUT2D eigenvalue weighted by Crippen LogP contribution is 2.25. The molecule has 0 aromatic heterocycles. The van der Waals surface area contributed by atoms with Gasteiger partial charge in [-0.2, -0.15) is 17.0 Å². The highest BCUT2D eigenvalue weighted by molar-refractivity contribution is 7.86. The number of nitrogens with zero attached hydrogens (tertiary/aromatic N) is 2. The van der Waals surface area contributed by atoms with Crippen molar-refractivity contribution in [1.29, 1.82) is 0 Å². The fraction of sp³-hybridized carbons (Fsp3) is 0.600. The zero-order chi connectivity index (χ0) is 14.6. The first kappa shape index (κ1) is 15.5. The van der Waals surface area contributed by atoms with Gasteiger partial charge >= 0.3 is 0 Å². The van der Waals surface area contributed by atoms with Crippen molar-refractivity contribution in [3.05, 3.63) is 35.9 Å². The molecule has 112 valence electrons. The molecule has 0 bridgehead atoms. The maximum Gasteiger partial charge on any atom is 0.282 e. The van der Waals surface area contributed by atoms with Crippen molar-refractivity contribution in [3.8, 4) is 0 Å². The molecular formula is C15H24N2O2S. The fourth-order valence-corrected chi connectivity index (χ4v) is 4.77. The molecule has 1 unspecified atom stereocenters. The van der Waals surface area contributed by atoms with Gasteiger partial charge in [-0.05, 0) is 24.8 Å². The van der Waals surface area contributed by atoms with E-state index in [1.807, 2.05) is 32.0 Å². The molecule has 1 atom stereocenters. The van der Waals surface area contributed by atoms with Crippen molar-refractivity contribution in [3.63, 3.8) is 0 Å². The van der Waals surface area contributed by atoms with E-state index in [0.29, 0.717) is 19.6 Å². The largest absolute Gasteiger partial charge is 0.282 e. The highest BCUT2D eigenvalue weighted by Gasteiger charge is 2.36. The lowest BCUT2D eigenvalue weighted by Gasteiger charge is -2.29. The third-order valence-electron chi connectivity index (χ3n) is 3.97. The van der Waals surface area contributed by atoms with Crippen LogP contribution < -0.4 is 0 Å². The van der Waals surface area contributed by atoms with Crippen molar-refractivity contribution in [2.45, 2.75) is 39.2 Å². The lowest BCUT2D eigenvalue weighted by Crippen LogP contribution is -2.46. The van der Waals surface area contributed by atoms with E-state index in [1.54, 1.807) is 8.61 Å². The van der Waals surface area contributed by atoms with E-state index in [-0.39, 0.29) is 6.04 Å². The van der Waals surface area contributed by atoms with Gasteiger partial charge in [-0.1, -0.05) is 44.2 Å². The SMILES string of the molecule is CCN(CC)S(=O)(=O)N1CCCC1Cc1ccccc1. The summed E-state index contributed by atoms with van der Waals surface area (Å²) in [6.07, 6.45) is 2.72. The van der Waals surface area contributed by atoms with Crippen molar-refractivity contribution >= 4 is 10.2 Å². The van der Waals surface area contributed by atoms with Gasteiger partial charge in [-0.25, -0.2) is 0 Å². The highest BCUT2D eigenvalue weighted by atomic mass is 32.2. The molecule has 1 aromatic carbocycles. The molecule has 1 aromatic rings. The smallest absolute Gasteiger partial charge is 0.195 e. The van der Waals surface area contributed by atoms with Gasteiger partial charge in [0.2, 0.25) is 0 Å². The maximum atomic E-state index is 12.6. The van der Waals surface area contributed by atoms with Crippen LogP contribution in [0.1, 0.15) is 32.3 Å². The molecule has 1 fully saturated rings. The summed E-state index contributed by atoms with van der Waals surface area (Å²) >= 11 is 0. The van der Waals surface area contributed by atoms with Crippen LogP contribution in [0.4, 0.5) is 0 Å². The molecule has 0 aliphatic carbocycles. The average molecular weight is 296 g/mol. The predicted octanol–water partition coefficient (Wildman–Crippen LogP) is 2.28. The van der Waals surface area contributed by atoms with Crippen molar-refractivity contribution in [2.75, 3.05) is 19.6 Å². The predicted molar refractivity (Wildman–Crippen MR) is 81.7 cm³/mol. The Hall–Kier alpha value is -0.910. The van der Waals surface area contributed by atoms with E-state index >= 15 is 0 Å². The Morgan fingerprint density at radius 1 is 1.20 bits per heavy atom. The average Bonchev–Trinajstić information content (AvgIpc) is 2.90. The van der Waals surface area contributed by atoms with Crippen molar-refractivity contribution in [2.24, 2.45) is 0 Å². The molecule has 1 aliphatic heterocycles. The van der Waals surface area contributed by atoms with Gasteiger partial charge in [-0.3, -0.25) is 0 Å². The Morgan fingerprint density at radius 2 is 1.85 bits per heavy atom. The van der Waals surface area contributed by atoms with Crippen LogP contribution in [-0.2, 0) is 16.6 Å². The molecule has 1 heterocycles. The first-order valence-corrected chi connectivity index (χ1v) is 8.80. The minimum atomic E-state index is -3.30. The van der Waals surface area contributed by atoms with Crippen LogP contribution in [-0.4, -0.2) is 42.7 Å². The molecule has 20 heavy (non-hydrogen) atoms. The van der Waals surface area contributed by atoms with Gasteiger partial charge in [0.15, 0.2) is 0 Å². The molecule has 0 amide bonds. The van der Waals surface area contributed by atoms with Crippen molar-refractivity contribution < 1.29 is 8.42 Å². The quantitative estimate of drug-likeness (QED) is 0.808. The van der Waals surface area contributed by atoms with Gasteiger partial charge in [0.05, 0.1) is 0 Å². The first-order valence-electron chi connectivity index (χ1n) is 7.40. The van der Waals surface area contributed by atoms with Crippen LogP contribution in [0.15, 0.2) is 30.3 Å². The lowest BCUT2D eigenvalue weighted by molar-refractivity contribution is 0.333. The Balaban J connectivity index is 2.15. The minimum Gasteiger partial charge on any atom is -0.195 e. The molecule has 5 heteroatoms. The monoisotopic (exact) mass is 296 g/mol. The van der Waals surface area contributed by atoms with Gasteiger partial charge in [-0.15, -0.1) is 0 Å². The van der Waals surface area contributed by atoms with Crippen LogP contribution in [0, 0.1) is 0 Å². The Kier molecular flexibility index (Phi) is 5.18. The van der Waals surface area contributed by atoms with Gasteiger partial charge < -0.3 is 0 Å². The second kappa shape index (κ2) is 6.70. The van der Waals surface area contributed by atoms with E-state index in [0.717, 1.165) is 19.3 Å². The van der Waals surface area contributed by atoms with Crippen LogP contribution >= 0.6 is 0 Å². The summed E-state index contributed by atoms with van der Waals surface area (Å²) in [6, 6.07) is 10.2. The molecule has 1 aliphatic rings. The zero-order valence-electron chi connectivity index (χ0n) is 12.3. The summed E-state index contributed by atoms with van der Waals surface area (Å²) < 4.78 is 28.5. The molecule has 2 rings (SSSR count). The Labute approximate surface area is 122 Å². The first-order chi connectivity index (χ1) is 9.59. The Bertz CT molecular complexity index is 512. The number of hydrogen-bond donors (Lipinski definition) is 0. The third-order valence-corrected chi connectivity index (χ3v) is 6.21. The van der Waals surface area contributed by atoms with E-state index in [2.05, 4.69) is 12.1 Å². The molecular weight excluding hydrogens is 272 g/mol. The van der Waals surface area contributed by atoms with Crippen LogP contribution in [0.5, 0.6) is 0 Å². The third kappa shape index (κ3) is 3.22. The zero-order valence-corrected chi connectivity index (χ0v) is 13.1. The molecule has 0 saturated carbocycles. The van der Waals surface area contributed by atoms with E-state index in [1.165, 1.54) is 5.56 Å². The summed E-state index contributed by atoms with van der Waals surface area (Å²) in [5.41, 5.74) is 1.21. The fourth-order valence-electron chi connectivity index (χ4n) is 2.90. The molecule has 0 spiro atoms. The number of rotatable bonds is 6. The summed E-state index contributed by atoms with van der Waals surface area (Å²) in [5, 5.41) is 0. The summed E-state index contributed by atoms with van der Waals surface area (Å²) in [6.45, 7) is 5.50.